The molecule has 0 unspecified atom stereocenters. The zero-order chi connectivity index (χ0) is 17.2. The summed E-state index contributed by atoms with van der Waals surface area (Å²) in [4.78, 5) is 16.0. The van der Waals surface area contributed by atoms with Crippen molar-refractivity contribution in [2.24, 2.45) is 0 Å². The molecule has 0 spiro atoms. The molecule has 24 heavy (non-hydrogen) atoms. The van der Waals surface area contributed by atoms with E-state index in [1.165, 1.54) is 21.3 Å². The van der Waals surface area contributed by atoms with Gasteiger partial charge in [-0.1, -0.05) is 0 Å². The van der Waals surface area contributed by atoms with E-state index in [2.05, 4.69) is 7.05 Å². The van der Waals surface area contributed by atoms with Crippen LogP contribution in [0.5, 0.6) is 0 Å². The Balaban J connectivity index is 1.72. The molecular formula is C16H24N3O4S+. The number of nitrogens with one attached hydrogen (secondary N) is 1. The fourth-order valence-corrected chi connectivity index (χ4v) is 4.39. The molecule has 2 saturated heterocycles. The van der Waals surface area contributed by atoms with Gasteiger partial charge in [0.05, 0.1) is 51.3 Å². The summed E-state index contributed by atoms with van der Waals surface area (Å²) >= 11 is 0. The van der Waals surface area contributed by atoms with Crippen LogP contribution in [-0.4, -0.2) is 83.1 Å². The van der Waals surface area contributed by atoms with Gasteiger partial charge < -0.3 is 14.5 Å². The van der Waals surface area contributed by atoms with Crippen molar-refractivity contribution in [1.82, 2.24) is 9.21 Å². The van der Waals surface area contributed by atoms with Crippen molar-refractivity contribution >= 4 is 15.9 Å². The standard InChI is InChI=1S/C16H23N3O4S/c1-17-6-8-18(9-7-17)16(20)14-2-4-15(5-3-14)24(21,22)19-10-12-23-13-11-19/h2-5H,6-13H2,1H3/p+1. The molecule has 8 heteroatoms. The van der Waals surface area contributed by atoms with Gasteiger partial charge in [0.1, 0.15) is 0 Å². The zero-order valence-electron chi connectivity index (χ0n) is 13.9. The fourth-order valence-electron chi connectivity index (χ4n) is 2.98. The number of piperazine rings is 1. The van der Waals surface area contributed by atoms with Gasteiger partial charge in [0.25, 0.3) is 5.91 Å². The highest BCUT2D eigenvalue weighted by molar-refractivity contribution is 7.89. The molecule has 1 aromatic carbocycles. The van der Waals surface area contributed by atoms with Gasteiger partial charge in [-0.15, -0.1) is 0 Å². The van der Waals surface area contributed by atoms with Crippen molar-refractivity contribution in [1.29, 1.82) is 0 Å². The molecule has 0 bridgehead atoms. The predicted molar refractivity (Wildman–Crippen MR) is 88.5 cm³/mol. The summed E-state index contributed by atoms with van der Waals surface area (Å²) in [5.41, 5.74) is 0.537. The van der Waals surface area contributed by atoms with E-state index in [4.69, 9.17) is 4.74 Å². The third-order valence-corrected chi connectivity index (χ3v) is 6.53. The van der Waals surface area contributed by atoms with Crippen LogP contribution in [0.1, 0.15) is 10.4 Å². The molecule has 2 aliphatic rings. The molecule has 1 amide bonds. The first-order valence-electron chi connectivity index (χ1n) is 8.27. The average molecular weight is 354 g/mol. The molecule has 0 aromatic heterocycles. The van der Waals surface area contributed by atoms with Crippen molar-refractivity contribution in [3.8, 4) is 0 Å². The van der Waals surface area contributed by atoms with Crippen LogP contribution in [0.25, 0.3) is 0 Å². The lowest BCUT2D eigenvalue weighted by Crippen LogP contribution is -3.12. The zero-order valence-corrected chi connectivity index (χ0v) is 14.7. The van der Waals surface area contributed by atoms with E-state index in [1.807, 2.05) is 4.90 Å². The lowest BCUT2D eigenvalue weighted by atomic mass is 10.2. The van der Waals surface area contributed by atoms with Crippen LogP contribution in [0.15, 0.2) is 29.2 Å². The van der Waals surface area contributed by atoms with Gasteiger partial charge in [-0.25, -0.2) is 8.42 Å². The second kappa shape index (κ2) is 7.18. The largest absolute Gasteiger partial charge is 0.379 e. The van der Waals surface area contributed by atoms with Crippen molar-refractivity contribution in [3.05, 3.63) is 29.8 Å². The van der Waals surface area contributed by atoms with Gasteiger partial charge in [-0.05, 0) is 24.3 Å². The van der Waals surface area contributed by atoms with Crippen molar-refractivity contribution < 1.29 is 22.8 Å². The number of amides is 1. The summed E-state index contributed by atoms with van der Waals surface area (Å²) < 4.78 is 31.8. The first kappa shape index (κ1) is 17.3. The number of carbonyl (C=O) groups is 1. The number of carbonyl (C=O) groups excluding carboxylic acids is 1. The summed E-state index contributed by atoms with van der Waals surface area (Å²) in [6.07, 6.45) is 0. The average Bonchev–Trinajstić information content (AvgIpc) is 2.62. The van der Waals surface area contributed by atoms with E-state index < -0.39 is 10.0 Å². The third kappa shape index (κ3) is 3.61. The van der Waals surface area contributed by atoms with Crippen molar-refractivity contribution in [3.63, 3.8) is 0 Å². The molecule has 1 N–H and O–H groups in total. The summed E-state index contributed by atoms with van der Waals surface area (Å²) in [6.45, 7) is 4.92. The number of benzene rings is 1. The molecule has 0 atom stereocenters. The number of quaternary nitrogens is 1. The summed E-state index contributed by atoms with van der Waals surface area (Å²) in [7, 11) is -1.39. The molecule has 132 valence electrons. The summed E-state index contributed by atoms with van der Waals surface area (Å²) in [6, 6.07) is 6.28. The SMILES string of the molecule is C[NH+]1CCN(C(=O)c2ccc(S(=O)(=O)N3CCOCC3)cc2)CC1. The monoisotopic (exact) mass is 354 g/mol. The minimum atomic E-state index is -3.51. The van der Waals surface area contributed by atoms with Crippen molar-refractivity contribution in [2.75, 3.05) is 59.5 Å². The number of nitrogens with zero attached hydrogens (tertiary/aromatic N) is 2. The third-order valence-electron chi connectivity index (χ3n) is 4.61. The molecule has 2 aliphatic heterocycles. The molecule has 0 saturated carbocycles. The maximum atomic E-state index is 12.6. The Morgan fingerprint density at radius 3 is 2.21 bits per heavy atom. The minimum absolute atomic E-state index is 0.0298. The van der Waals surface area contributed by atoms with Gasteiger partial charge in [0.2, 0.25) is 10.0 Å². The number of rotatable bonds is 3. The van der Waals surface area contributed by atoms with Crippen molar-refractivity contribution in [2.45, 2.75) is 4.90 Å². The van der Waals surface area contributed by atoms with Gasteiger partial charge in [0.15, 0.2) is 0 Å². The number of hydrogen-bond donors (Lipinski definition) is 1. The molecule has 0 aliphatic carbocycles. The Kier molecular flexibility index (Phi) is 5.19. The summed E-state index contributed by atoms with van der Waals surface area (Å²) in [5.74, 6) is -0.0298. The number of sulfonamides is 1. The highest BCUT2D eigenvalue weighted by Crippen LogP contribution is 2.18. The van der Waals surface area contributed by atoms with Crippen LogP contribution in [0.4, 0.5) is 0 Å². The topological polar surface area (TPSA) is 71.4 Å². The highest BCUT2D eigenvalue weighted by atomic mass is 32.2. The number of morpholine rings is 1. The minimum Gasteiger partial charge on any atom is -0.379 e. The molecule has 2 heterocycles. The first-order valence-corrected chi connectivity index (χ1v) is 9.71. The molecule has 3 rings (SSSR count). The van der Waals surface area contributed by atoms with E-state index in [0.29, 0.717) is 31.9 Å². The number of likely N-dealkylation sites (N-methyl/N-ethyl adjacent to an activating group) is 1. The molecule has 1 aromatic rings. The molecule has 0 radical (unpaired) electrons. The van der Waals surface area contributed by atoms with E-state index in [9.17, 15) is 13.2 Å². The number of ether oxygens (including phenoxy) is 1. The van der Waals surface area contributed by atoms with Gasteiger partial charge >= 0.3 is 0 Å². The van der Waals surface area contributed by atoms with E-state index in [-0.39, 0.29) is 10.8 Å². The maximum Gasteiger partial charge on any atom is 0.254 e. The van der Waals surface area contributed by atoms with Crippen LogP contribution in [-0.2, 0) is 14.8 Å². The Morgan fingerprint density at radius 2 is 1.62 bits per heavy atom. The lowest BCUT2D eigenvalue weighted by Gasteiger charge is -2.30. The Hall–Kier alpha value is -1.48. The molecule has 7 nitrogen and oxygen atoms in total. The van der Waals surface area contributed by atoms with Gasteiger partial charge in [0, 0.05) is 18.7 Å². The highest BCUT2D eigenvalue weighted by Gasteiger charge is 2.27. The first-order chi connectivity index (χ1) is 11.5. The Bertz CT molecular complexity index is 676. The normalized spacial score (nSPS) is 21.0. The van der Waals surface area contributed by atoms with E-state index >= 15 is 0 Å². The van der Waals surface area contributed by atoms with Gasteiger partial charge in [-0.3, -0.25) is 4.79 Å². The number of hydrogen-bond acceptors (Lipinski definition) is 4. The smallest absolute Gasteiger partial charge is 0.254 e. The second-order valence-corrected chi connectivity index (χ2v) is 8.23. The lowest BCUT2D eigenvalue weighted by molar-refractivity contribution is -0.883. The predicted octanol–water partition coefficient (Wildman–Crippen LogP) is -1.32. The molecule has 2 fully saturated rings. The van der Waals surface area contributed by atoms with E-state index in [1.54, 1.807) is 12.1 Å². The maximum absolute atomic E-state index is 12.6. The second-order valence-electron chi connectivity index (χ2n) is 6.29. The summed E-state index contributed by atoms with van der Waals surface area (Å²) in [5, 5.41) is 0. The fraction of sp³-hybridized carbons (Fsp3) is 0.562. The molecular weight excluding hydrogens is 330 g/mol. The van der Waals surface area contributed by atoms with E-state index in [0.717, 1.165) is 26.2 Å². The van der Waals surface area contributed by atoms with Crippen LogP contribution < -0.4 is 4.90 Å². The quantitative estimate of drug-likeness (QED) is 0.731. The van der Waals surface area contributed by atoms with Gasteiger partial charge in [-0.2, -0.15) is 4.31 Å². The van der Waals surface area contributed by atoms with Crippen LogP contribution in [0.3, 0.4) is 0 Å². The Morgan fingerprint density at radius 1 is 1.04 bits per heavy atom. The Labute approximate surface area is 142 Å². The van der Waals surface area contributed by atoms with Crippen LogP contribution >= 0.6 is 0 Å². The van der Waals surface area contributed by atoms with Crippen LogP contribution in [0, 0.1) is 0 Å². The van der Waals surface area contributed by atoms with Crippen LogP contribution in [0.2, 0.25) is 0 Å².